The van der Waals surface area contributed by atoms with Gasteiger partial charge >= 0.3 is 18.0 Å². The predicted octanol–water partition coefficient (Wildman–Crippen LogP) is -0.0624. The molecule has 0 aliphatic heterocycles. The summed E-state index contributed by atoms with van der Waals surface area (Å²) >= 11 is 0. The van der Waals surface area contributed by atoms with E-state index in [2.05, 4.69) is 42.1 Å². The van der Waals surface area contributed by atoms with E-state index in [9.17, 15) is 53.8 Å². The van der Waals surface area contributed by atoms with Crippen LogP contribution in [0.1, 0.15) is 64.2 Å². The van der Waals surface area contributed by atoms with E-state index < -0.39 is 57.7 Å². The number of anilines is 2. The Kier molecular flexibility index (Phi) is 32.3. The van der Waals surface area contributed by atoms with Crippen molar-refractivity contribution in [3.63, 3.8) is 0 Å². The van der Waals surface area contributed by atoms with E-state index in [1.165, 1.54) is 6.07 Å². The highest BCUT2D eigenvalue weighted by Crippen LogP contribution is 2.36. The van der Waals surface area contributed by atoms with Gasteiger partial charge in [-0.25, -0.2) is 15.5 Å². The van der Waals surface area contributed by atoms with Gasteiger partial charge in [-0.15, -0.1) is 0 Å². The van der Waals surface area contributed by atoms with Crippen molar-refractivity contribution in [3.05, 3.63) is 32.4 Å². The number of unbranched alkanes of at least 4 members (excludes halogenated alkanes) is 4. The Balaban J connectivity index is 2.16. The highest BCUT2D eigenvalue weighted by atomic mass is 16.6. The van der Waals surface area contributed by atoms with Crippen molar-refractivity contribution in [2.75, 3.05) is 103 Å². The molecule has 1 aromatic rings. The van der Waals surface area contributed by atoms with E-state index in [0.717, 1.165) is 25.3 Å². The normalized spacial score (nSPS) is 11.7. The average molecular weight is 961 g/mol. The van der Waals surface area contributed by atoms with Gasteiger partial charge in [0.15, 0.2) is 0 Å². The van der Waals surface area contributed by atoms with E-state index in [1.807, 2.05) is 0 Å². The zero-order chi connectivity index (χ0) is 49.7. The van der Waals surface area contributed by atoms with Crippen molar-refractivity contribution in [1.29, 1.82) is 0 Å². The second kappa shape index (κ2) is 36.8. The Morgan fingerprint density at radius 3 is 1.61 bits per heavy atom. The van der Waals surface area contributed by atoms with Gasteiger partial charge in [-0.3, -0.25) is 44.2 Å². The standard InChI is InChI=1S/C39H64N10O18/c40-67-27-36(53)45-15-19-66-23-21-64-17-13-42-31-24-30(32(48(59)60)25-33(31)49(61)62)41-12-16-63-20-22-65-18-14-44-34(51)6-4-2-1-3-5-11-43-35(52)9-7-28(26-50)46-39(58)47-29(38(56)57)8-10-37(54)55/h24-26,28-29,41-42H,1-23,27,40H2,(H,43,52)(H,44,51)(H,45,53)(H,54,55)(H,56,57)(H2,46,47,58)/t28-,29-/m0/s1. The third-order valence-electron chi connectivity index (χ3n) is 9.04. The number of nitrogens with one attached hydrogen (secondary N) is 7. The number of nitrogens with two attached hydrogens (primary N) is 1. The number of aliphatic carboxylic acids is 2. The number of carboxylic acid groups (broad SMARTS) is 2. The lowest BCUT2D eigenvalue weighted by atomic mass is 10.1. The van der Waals surface area contributed by atoms with Crippen molar-refractivity contribution < 1.29 is 77.4 Å². The predicted molar refractivity (Wildman–Crippen MR) is 236 cm³/mol. The van der Waals surface area contributed by atoms with Crippen LogP contribution in [0.25, 0.3) is 0 Å². The van der Waals surface area contributed by atoms with Crippen LogP contribution >= 0.6 is 0 Å². The van der Waals surface area contributed by atoms with Crippen LogP contribution in [0.15, 0.2) is 12.1 Å². The molecule has 0 unspecified atom stereocenters. The van der Waals surface area contributed by atoms with Crippen LogP contribution in [0.3, 0.4) is 0 Å². The summed E-state index contributed by atoms with van der Waals surface area (Å²) < 4.78 is 21.7. The number of ether oxygens (including phenoxy) is 4. The molecule has 0 aromatic heterocycles. The van der Waals surface area contributed by atoms with Gasteiger partial charge in [0.1, 0.15) is 30.3 Å². The summed E-state index contributed by atoms with van der Waals surface area (Å²) in [4.78, 5) is 107. The average Bonchev–Trinajstić information content (AvgIpc) is 3.28. The van der Waals surface area contributed by atoms with Crippen molar-refractivity contribution in [1.82, 2.24) is 26.6 Å². The van der Waals surface area contributed by atoms with Crippen LogP contribution in [0.5, 0.6) is 0 Å². The summed E-state index contributed by atoms with van der Waals surface area (Å²) in [6.45, 7) is 2.64. The lowest BCUT2D eigenvalue weighted by Crippen LogP contribution is -2.49. The smallest absolute Gasteiger partial charge is 0.326 e. The molecule has 0 radical (unpaired) electrons. The lowest BCUT2D eigenvalue weighted by molar-refractivity contribution is -0.393. The maximum absolute atomic E-state index is 12.2. The van der Waals surface area contributed by atoms with Crippen LogP contribution < -0.4 is 43.1 Å². The number of nitro benzene ring substituents is 2. The molecular weight excluding hydrogens is 896 g/mol. The summed E-state index contributed by atoms with van der Waals surface area (Å²) in [5.74, 6) is 1.31. The first-order valence-corrected chi connectivity index (χ1v) is 21.5. The molecule has 0 heterocycles. The van der Waals surface area contributed by atoms with Crippen LogP contribution in [0, 0.1) is 20.2 Å². The van der Waals surface area contributed by atoms with Crippen molar-refractivity contribution in [3.8, 4) is 0 Å². The molecule has 0 spiro atoms. The number of urea groups is 1. The fourth-order valence-corrected chi connectivity index (χ4v) is 5.67. The highest BCUT2D eigenvalue weighted by Gasteiger charge is 2.25. The molecule has 0 aliphatic rings. The first-order chi connectivity index (χ1) is 32.2. The van der Waals surface area contributed by atoms with Crippen molar-refractivity contribution >= 4 is 64.7 Å². The van der Waals surface area contributed by atoms with Crippen LogP contribution in [-0.2, 0) is 52.6 Å². The highest BCUT2D eigenvalue weighted by molar-refractivity contribution is 5.85. The fraction of sp³-hybridized carbons (Fsp3) is 0.667. The molecule has 0 saturated carbocycles. The second-order valence-corrected chi connectivity index (χ2v) is 14.3. The van der Waals surface area contributed by atoms with Crippen molar-refractivity contribution in [2.24, 2.45) is 5.90 Å². The number of carbonyl (C=O) groups is 7. The topological polar surface area (TPSA) is 403 Å². The third-order valence-corrected chi connectivity index (χ3v) is 9.04. The van der Waals surface area contributed by atoms with E-state index in [4.69, 9.17) is 35.1 Å². The summed E-state index contributed by atoms with van der Waals surface area (Å²) in [5.41, 5.74) is -0.873. The van der Waals surface area contributed by atoms with Crippen LogP contribution in [-0.4, -0.2) is 166 Å². The molecule has 0 saturated heterocycles. The van der Waals surface area contributed by atoms with E-state index in [1.54, 1.807) is 0 Å². The summed E-state index contributed by atoms with van der Waals surface area (Å²) in [5, 5.41) is 59.3. The van der Waals surface area contributed by atoms with Gasteiger partial charge in [0.05, 0.1) is 74.8 Å². The fourth-order valence-electron chi connectivity index (χ4n) is 5.67. The molecule has 0 bridgehead atoms. The maximum Gasteiger partial charge on any atom is 0.326 e. The number of nitrogens with zero attached hydrogens (tertiary/aromatic N) is 2. The maximum atomic E-state index is 12.2. The molecule has 378 valence electrons. The quantitative estimate of drug-likeness (QED) is 0.0177. The zero-order valence-electron chi connectivity index (χ0n) is 37.3. The van der Waals surface area contributed by atoms with Gasteiger partial charge in [-0.2, -0.15) is 0 Å². The minimum atomic E-state index is -1.46. The van der Waals surface area contributed by atoms with E-state index in [-0.39, 0.29) is 127 Å². The van der Waals surface area contributed by atoms with Gasteiger partial charge in [-0.1, -0.05) is 19.3 Å². The molecule has 0 fully saturated rings. The Morgan fingerprint density at radius 2 is 1.10 bits per heavy atom. The molecule has 67 heavy (non-hydrogen) atoms. The number of amides is 5. The molecule has 28 nitrogen and oxygen atoms in total. The second-order valence-electron chi connectivity index (χ2n) is 14.3. The lowest BCUT2D eigenvalue weighted by Gasteiger charge is -2.17. The molecule has 1 aromatic carbocycles. The molecule has 11 N–H and O–H groups in total. The minimum absolute atomic E-state index is 0.0244. The molecule has 2 atom stereocenters. The first-order valence-electron chi connectivity index (χ1n) is 21.5. The number of aldehydes is 1. The summed E-state index contributed by atoms with van der Waals surface area (Å²) in [6.07, 6.45) is 3.66. The third kappa shape index (κ3) is 29.8. The van der Waals surface area contributed by atoms with Crippen LogP contribution in [0.4, 0.5) is 27.5 Å². The summed E-state index contributed by atoms with van der Waals surface area (Å²) in [7, 11) is 0. The van der Waals surface area contributed by atoms with E-state index >= 15 is 0 Å². The number of carboxylic acids is 2. The first kappa shape index (κ1) is 58.7. The SMILES string of the molecule is NOCC(=O)NCCOCCOCCNc1cc(NCCOCCOCCNC(=O)CCCCCCCNC(=O)CC[C@@H](C=O)NC(=O)N[C@@H](CCC(=O)O)C(=O)O)c([N+](=O)[O-])cc1[N+](=O)[O-]. The number of carbonyl (C=O) groups excluding carboxylic acids is 5. The largest absolute Gasteiger partial charge is 0.481 e. The number of nitro groups is 2. The Morgan fingerprint density at radius 1 is 0.612 bits per heavy atom. The van der Waals surface area contributed by atoms with Crippen molar-refractivity contribution in [2.45, 2.75) is 76.3 Å². The summed E-state index contributed by atoms with van der Waals surface area (Å²) in [6, 6.07) is -1.35. The van der Waals surface area contributed by atoms with Crippen LogP contribution in [0.2, 0.25) is 0 Å². The monoisotopic (exact) mass is 960 g/mol. The van der Waals surface area contributed by atoms with Gasteiger partial charge in [0.25, 0.3) is 11.4 Å². The Hall–Kier alpha value is -6.33. The number of benzene rings is 1. The molecule has 1 rings (SSSR count). The molecule has 0 aliphatic carbocycles. The Labute approximate surface area is 385 Å². The Bertz CT molecular complexity index is 1710. The van der Waals surface area contributed by atoms with Gasteiger partial charge in [0, 0.05) is 52.0 Å². The molecule has 5 amide bonds. The zero-order valence-corrected chi connectivity index (χ0v) is 37.3. The van der Waals surface area contributed by atoms with Gasteiger partial charge < -0.3 is 71.2 Å². The number of rotatable bonds is 42. The number of hydrogen-bond donors (Lipinski definition) is 10. The molecule has 28 heteroatoms. The molecular formula is C39H64N10O18. The number of hydrogen-bond acceptors (Lipinski definition) is 19. The van der Waals surface area contributed by atoms with Gasteiger partial charge in [0.2, 0.25) is 17.7 Å². The van der Waals surface area contributed by atoms with E-state index in [0.29, 0.717) is 38.6 Å². The minimum Gasteiger partial charge on any atom is -0.481 e. The van der Waals surface area contributed by atoms with Gasteiger partial charge in [-0.05, 0) is 31.7 Å².